The van der Waals surface area contributed by atoms with Gasteiger partial charge >= 0.3 is 0 Å². The van der Waals surface area contributed by atoms with Crippen LogP contribution in [0, 0.1) is 0 Å². The number of nitrogens with one attached hydrogen (secondary N) is 2. The number of benzene rings is 3. The number of nitrogens with zero attached hydrogens (tertiary/aromatic N) is 2. The van der Waals surface area contributed by atoms with E-state index < -0.39 is 68.6 Å². The number of rotatable bonds is 10. The molecule has 5 N–H and O–H groups in total. The van der Waals surface area contributed by atoms with Gasteiger partial charge in [0.1, 0.15) is 30.8 Å². The van der Waals surface area contributed by atoms with Gasteiger partial charge in [-0.05, 0) is 41.8 Å². The molecule has 0 unspecified atom stereocenters. The molecule has 0 fully saturated rings. The summed E-state index contributed by atoms with van der Waals surface area (Å²) in [6.07, 6.45) is 0. The van der Waals surface area contributed by atoms with E-state index in [9.17, 15) is 40.6 Å². The Morgan fingerprint density at radius 1 is 0.780 bits per heavy atom. The van der Waals surface area contributed by atoms with Crippen molar-refractivity contribution in [1.29, 1.82) is 0 Å². The van der Waals surface area contributed by atoms with Gasteiger partial charge in [-0.1, -0.05) is 69.8 Å². The lowest BCUT2D eigenvalue weighted by atomic mass is 10.1. The van der Waals surface area contributed by atoms with Gasteiger partial charge in [-0.15, -0.1) is 10.2 Å². The summed E-state index contributed by atoms with van der Waals surface area (Å²) in [5, 5.41) is 24.2. The molecule has 0 aliphatic heterocycles. The van der Waals surface area contributed by atoms with Crippen LogP contribution in [0.1, 0.15) is 0 Å². The predicted octanol–water partition coefficient (Wildman–Crippen LogP) is 5.65. The number of hydrogen-bond acceptors (Lipinski definition) is 9. The highest BCUT2D eigenvalue weighted by Gasteiger charge is 2.24. The molecular weight excluding hydrogens is 848 g/mol. The van der Waals surface area contributed by atoms with Gasteiger partial charge in [-0.25, -0.2) is 0 Å². The van der Waals surface area contributed by atoms with Crippen LogP contribution in [-0.2, 0) is 29.8 Å². The van der Waals surface area contributed by atoms with E-state index in [4.69, 9.17) is 0 Å². The predicted molar refractivity (Wildman–Crippen MR) is 166 cm³/mol. The maximum absolute atomic E-state index is 12.2. The van der Waals surface area contributed by atoms with Crippen LogP contribution in [0.2, 0.25) is 0 Å². The van der Waals surface area contributed by atoms with E-state index in [2.05, 4.69) is 84.6 Å². The molecule has 0 spiro atoms. The van der Waals surface area contributed by atoms with Crippen molar-refractivity contribution in [2.75, 3.05) is 21.3 Å². The van der Waals surface area contributed by atoms with Crippen LogP contribution in [0.15, 0.2) is 62.5 Å². The summed E-state index contributed by atoms with van der Waals surface area (Å²) in [7, 11) is -9.87. The second-order valence-electron chi connectivity index (χ2n) is 8.06. The van der Waals surface area contributed by atoms with Gasteiger partial charge in [0.05, 0.1) is 0 Å². The third kappa shape index (κ3) is 8.31. The van der Waals surface area contributed by atoms with Crippen LogP contribution in [0.25, 0.3) is 10.8 Å². The normalized spacial score (nSPS) is 13.7. The van der Waals surface area contributed by atoms with Crippen LogP contribution in [0.4, 0.5) is 22.7 Å². The summed E-state index contributed by atoms with van der Waals surface area (Å²) >= 11 is 12.6. The Kier molecular flexibility index (Phi) is 11.1. The van der Waals surface area contributed by atoms with Crippen molar-refractivity contribution in [1.82, 2.24) is 0 Å². The molecule has 13 nitrogen and oxygen atoms in total. The number of halogens is 4. The Labute approximate surface area is 267 Å². The first-order valence-corrected chi connectivity index (χ1v) is 17.8. The van der Waals surface area contributed by atoms with Gasteiger partial charge in [-0.3, -0.25) is 18.7 Å². The van der Waals surface area contributed by atoms with E-state index in [1.165, 1.54) is 24.3 Å². The number of carbonyl (C=O) groups is 2. The van der Waals surface area contributed by atoms with Crippen molar-refractivity contribution in [2.24, 2.45) is 10.2 Å². The Bertz CT molecular complexity index is 1770. The summed E-state index contributed by atoms with van der Waals surface area (Å²) in [5.74, 6) is -1.69. The number of aromatic hydroxyl groups is 1. The molecule has 0 aliphatic carbocycles. The van der Waals surface area contributed by atoms with Gasteiger partial charge in [0.25, 0.3) is 20.2 Å². The first-order chi connectivity index (χ1) is 19.1. The molecule has 0 saturated heterocycles. The van der Waals surface area contributed by atoms with E-state index in [-0.39, 0.29) is 27.5 Å². The summed E-state index contributed by atoms with van der Waals surface area (Å²) in [5.41, 5.74) is -1.02. The largest absolute Gasteiger partial charge is 0.505 e. The number of anilines is 2. The van der Waals surface area contributed by atoms with Gasteiger partial charge < -0.3 is 15.7 Å². The maximum atomic E-state index is 12.2. The topological polar surface area (TPSA) is 212 Å². The average Bonchev–Trinajstić information content (AvgIpc) is 2.90. The molecule has 0 radical (unpaired) electrons. The number of hydrogen-bond donors (Lipinski definition) is 5. The molecule has 0 saturated carbocycles. The van der Waals surface area contributed by atoms with E-state index >= 15 is 0 Å². The monoisotopic (exact) mass is 862 g/mol. The quantitative estimate of drug-likeness (QED) is 0.0967. The van der Waals surface area contributed by atoms with E-state index in [0.717, 1.165) is 18.2 Å². The molecule has 19 heteroatoms. The first kappa shape index (κ1) is 33.5. The van der Waals surface area contributed by atoms with E-state index in [1.807, 2.05) is 0 Å². The second kappa shape index (κ2) is 13.5. The average molecular weight is 866 g/mol. The standard InChI is InChI=1S/C22H18Br4N4O9S2/c23-8-14(25)21(32)27-11-2-1-10-5-18(41(37,38)39)19(20(31)13(10)6-11)30-29-16-7-12(28-22(33)15(26)9-24)3-4-17(16)40(34,35)36/h1-7,14-15,31H,8-9H2,(H,27,32)(H,28,33)(H,34,35,36)(H,37,38,39)/t14-,15+/m0/s1. The fourth-order valence-electron chi connectivity index (χ4n) is 3.29. The number of carbonyl (C=O) groups excluding carboxylic acids is 2. The van der Waals surface area contributed by atoms with Crippen LogP contribution in [-0.4, -0.2) is 63.2 Å². The van der Waals surface area contributed by atoms with E-state index in [0.29, 0.717) is 5.33 Å². The Morgan fingerprint density at radius 2 is 1.29 bits per heavy atom. The van der Waals surface area contributed by atoms with E-state index in [1.54, 1.807) is 0 Å². The fraction of sp³-hybridized carbons (Fsp3) is 0.182. The zero-order valence-corrected chi connectivity index (χ0v) is 28.1. The van der Waals surface area contributed by atoms with Gasteiger partial charge in [0.15, 0.2) is 5.75 Å². The number of fused-ring (bicyclic) bond motifs is 1. The zero-order valence-electron chi connectivity index (χ0n) is 20.1. The maximum Gasteiger partial charge on any atom is 0.296 e. The Hall–Kier alpha value is -2.00. The molecule has 0 aromatic heterocycles. The summed E-state index contributed by atoms with van der Waals surface area (Å²) in [4.78, 5) is 21.6. The lowest BCUT2D eigenvalue weighted by molar-refractivity contribution is -0.116. The molecular formula is C22H18Br4N4O9S2. The van der Waals surface area contributed by atoms with Crippen molar-refractivity contribution in [2.45, 2.75) is 19.4 Å². The molecule has 0 aliphatic rings. The van der Waals surface area contributed by atoms with Crippen LogP contribution in [0.3, 0.4) is 0 Å². The van der Waals surface area contributed by atoms with Crippen molar-refractivity contribution >= 4 is 129 Å². The summed E-state index contributed by atoms with van der Waals surface area (Å²) in [6, 6.07) is 8.28. The van der Waals surface area contributed by atoms with Crippen molar-refractivity contribution in [3.63, 3.8) is 0 Å². The van der Waals surface area contributed by atoms with Crippen LogP contribution in [0.5, 0.6) is 5.75 Å². The third-order valence-corrected chi connectivity index (χ3v) is 11.5. The van der Waals surface area contributed by atoms with Crippen molar-refractivity contribution < 1.29 is 40.6 Å². The van der Waals surface area contributed by atoms with Gasteiger partial charge in [-0.2, -0.15) is 16.8 Å². The number of phenolic OH excluding ortho intramolecular Hbond substituents is 1. The van der Waals surface area contributed by atoms with Gasteiger partial charge in [0.2, 0.25) is 11.8 Å². The molecule has 0 bridgehead atoms. The fourth-order valence-corrected chi connectivity index (χ4v) is 5.37. The molecule has 0 heterocycles. The minimum absolute atomic E-state index is 0.00303. The molecule has 3 aromatic carbocycles. The highest BCUT2D eigenvalue weighted by molar-refractivity contribution is 9.12. The minimum Gasteiger partial charge on any atom is -0.505 e. The van der Waals surface area contributed by atoms with Gasteiger partial charge in [0, 0.05) is 27.4 Å². The lowest BCUT2D eigenvalue weighted by Crippen LogP contribution is -2.23. The highest BCUT2D eigenvalue weighted by atomic mass is 79.9. The molecule has 3 rings (SSSR count). The summed E-state index contributed by atoms with van der Waals surface area (Å²) in [6.45, 7) is 0. The SMILES string of the molecule is O=C(Nc1ccc(S(=O)(=O)O)c(N=Nc2c(S(=O)(=O)O)cc3ccc(NC(=O)[C@@H](Br)CBr)cc3c2O)c1)[C@H](Br)CBr. The summed E-state index contributed by atoms with van der Waals surface area (Å²) < 4.78 is 67.7. The molecule has 2 amide bonds. The number of amides is 2. The zero-order chi connectivity index (χ0) is 30.7. The molecule has 3 aromatic rings. The second-order valence-corrected chi connectivity index (χ2v) is 14.3. The van der Waals surface area contributed by atoms with Crippen molar-refractivity contribution in [3.05, 3.63) is 42.5 Å². The molecule has 220 valence electrons. The van der Waals surface area contributed by atoms with Crippen LogP contribution < -0.4 is 10.6 Å². The molecule has 2 atom stereocenters. The minimum atomic E-state index is -5.00. The number of phenols is 1. The Morgan fingerprint density at radius 3 is 1.80 bits per heavy atom. The third-order valence-electron chi connectivity index (χ3n) is 5.20. The first-order valence-electron chi connectivity index (χ1n) is 10.9. The lowest BCUT2D eigenvalue weighted by Gasteiger charge is -2.12. The smallest absolute Gasteiger partial charge is 0.296 e. The number of alkyl halides is 4. The number of azo groups is 1. The highest BCUT2D eigenvalue weighted by Crippen LogP contribution is 2.42. The van der Waals surface area contributed by atoms with Crippen molar-refractivity contribution in [3.8, 4) is 5.75 Å². The molecule has 41 heavy (non-hydrogen) atoms. The van der Waals surface area contributed by atoms with Crippen LogP contribution >= 0.6 is 63.7 Å². The Balaban J connectivity index is 2.19.